The summed E-state index contributed by atoms with van der Waals surface area (Å²) in [6.45, 7) is 4.01. The van der Waals surface area contributed by atoms with Crippen molar-refractivity contribution in [1.82, 2.24) is 9.80 Å². The van der Waals surface area contributed by atoms with E-state index in [2.05, 4.69) is 47.6 Å². The van der Waals surface area contributed by atoms with Gasteiger partial charge in [-0.2, -0.15) is 0 Å². The number of anilines is 1. The van der Waals surface area contributed by atoms with Crippen LogP contribution in [0.5, 0.6) is 0 Å². The number of carbonyl (C=O) groups excluding carboxylic acids is 1. The van der Waals surface area contributed by atoms with Gasteiger partial charge in [0.2, 0.25) is 5.91 Å². The quantitative estimate of drug-likeness (QED) is 0.817. The summed E-state index contributed by atoms with van der Waals surface area (Å²) in [7, 11) is 2.16. The zero-order chi connectivity index (χ0) is 18.6. The van der Waals surface area contributed by atoms with Crippen LogP contribution in [0, 0.1) is 5.92 Å². The van der Waals surface area contributed by atoms with Crippen molar-refractivity contribution in [1.29, 1.82) is 0 Å². The maximum Gasteiger partial charge on any atom is 0.242 e. The summed E-state index contributed by atoms with van der Waals surface area (Å²) in [5.41, 5.74) is 5.08. The number of fused-ring (bicyclic) bond motifs is 1. The number of benzene rings is 2. The van der Waals surface area contributed by atoms with Crippen molar-refractivity contribution < 1.29 is 4.79 Å². The summed E-state index contributed by atoms with van der Waals surface area (Å²) in [6.07, 6.45) is 3.55. The summed E-state index contributed by atoms with van der Waals surface area (Å²) in [5, 5.41) is 3.44. The van der Waals surface area contributed by atoms with Gasteiger partial charge in [-0.15, -0.1) is 0 Å². The van der Waals surface area contributed by atoms with Gasteiger partial charge in [-0.3, -0.25) is 4.79 Å². The standard InChI is InChI=1S/C23H29N3O/c1-25-13-12-21-20(17-25)8-5-9-22(21)24-14-23(27)26(16-19-10-11-19)15-18-6-3-2-4-7-18/h2-9,19,24H,10-17H2,1H3. The highest BCUT2D eigenvalue weighted by Gasteiger charge is 2.27. The summed E-state index contributed by atoms with van der Waals surface area (Å²) in [6, 6.07) is 16.7. The second kappa shape index (κ2) is 8.13. The fourth-order valence-electron chi connectivity index (χ4n) is 3.87. The zero-order valence-corrected chi connectivity index (χ0v) is 16.2. The van der Waals surface area contributed by atoms with Crippen molar-refractivity contribution in [2.75, 3.05) is 32.0 Å². The number of nitrogens with one attached hydrogen (secondary N) is 1. The molecule has 0 bridgehead atoms. The number of hydrogen-bond acceptors (Lipinski definition) is 3. The summed E-state index contributed by atoms with van der Waals surface area (Å²) in [4.78, 5) is 17.3. The number of rotatable bonds is 7. The molecular formula is C23H29N3O. The van der Waals surface area contributed by atoms with Crippen LogP contribution >= 0.6 is 0 Å². The predicted molar refractivity (Wildman–Crippen MR) is 110 cm³/mol. The molecule has 1 fully saturated rings. The van der Waals surface area contributed by atoms with Gasteiger partial charge < -0.3 is 15.1 Å². The van der Waals surface area contributed by atoms with Crippen LogP contribution < -0.4 is 5.32 Å². The van der Waals surface area contributed by atoms with Crippen LogP contribution in [0.25, 0.3) is 0 Å². The normalized spacial score (nSPS) is 16.6. The summed E-state index contributed by atoms with van der Waals surface area (Å²) in [5.74, 6) is 0.883. The number of nitrogens with zero attached hydrogens (tertiary/aromatic N) is 2. The van der Waals surface area contributed by atoms with E-state index in [-0.39, 0.29) is 5.91 Å². The zero-order valence-electron chi connectivity index (χ0n) is 16.2. The van der Waals surface area contributed by atoms with Crippen LogP contribution in [0.15, 0.2) is 48.5 Å². The van der Waals surface area contributed by atoms with E-state index in [4.69, 9.17) is 0 Å². The van der Waals surface area contributed by atoms with E-state index in [1.165, 1.54) is 29.5 Å². The Kier molecular flexibility index (Phi) is 5.44. The maximum atomic E-state index is 13.0. The average molecular weight is 364 g/mol. The lowest BCUT2D eigenvalue weighted by Gasteiger charge is -2.28. The van der Waals surface area contributed by atoms with Crippen molar-refractivity contribution in [3.63, 3.8) is 0 Å². The Balaban J connectivity index is 1.41. The molecule has 1 amide bonds. The first-order valence-electron chi connectivity index (χ1n) is 10.0. The molecule has 1 aliphatic heterocycles. The number of hydrogen-bond donors (Lipinski definition) is 1. The lowest BCUT2D eigenvalue weighted by Crippen LogP contribution is -2.37. The fourth-order valence-corrected chi connectivity index (χ4v) is 3.87. The van der Waals surface area contributed by atoms with Gasteiger partial charge in [-0.05, 0) is 55.0 Å². The molecule has 2 aromatic carbocycles. The van der Waals surface area contributed by atoms with Crippen molar-refractivity contribution >= 4 is 11.6 Å². The van der Waals surface area contributed by atoms with Crippen molar-refractivity contribution in [3.8, 4) is 0 Å². The van der Waals surface area contributed by atoms with E-state index < -0.39 is 0 Å². The van der Waals surface area contributed by atoms with Crippen molar-refractivity contribution in [3.05, 3.63) is 65.2 Å². The molecule has 1 aliphatic carbocycles. The summed E-state index contributed by atoms with van der Waals surface area (Å²) < 4.78 is 0. The minimum Gasteiger partial charge on any atom is -0.376 e. The molecule has 0 unspecified atom stereocenters. The third-order valence-corrected chi connectivity index (χ3v) is 5.63. The van der Waals surface area contributed by atoms with Crippen molar-refractivity contribution in [2.24, 2.45) is 5.92 Å². The molecule has 1 heterocycles. The van der Waals surface area contributed by atoms with Gasteiger partial charge in [0.25, 0.3) is 0 Å². The third-order valence-electron chi connectivity index (χ3n) is 5.63. The molecule has 2 aromatic rings. The Labute approximate surface area is 162 Å². The number of amides is 1. The van der Waals surface area contributed by atoms with Gasteiger partial charge in [-0.25, -0.2) is 0 Å². The van der Waals surface area contributed by atoms with Gasteiger partial charge in [0.1, 0.15) is 0 Å². The van der Waals surface area contributed by atoms with E-state index in [9.17, 15) is 4.79 Å². The van der Waals surface area contributed by atoms with Crippen LogP contribution in [0.1, 0.15) is 29.5 Å². The maximum absolute atomic E-state index is 13.0. The van der Waals surface area contributed by atoms with Crippen LogP contribution in [-0.4, -0.2) is 42.4 Å². The van der Waals surface area contributed by atoms with Crippen LogP contribution in [-0.2, 0) is 24.3 Å². The SMILES string of the molecule is CN1CCc2c(cccc2NCC(=O)N(Cc2ccccc2)CC2CC2)C1. The highest BCUT2D eigenvalue weighted by Crippen LogP contribution is 2.30. The Bertz CT molecular complexity index is 785. The second-order valence-electron chi connectivity index (χ2n) is 7.99. The monoisotopic (exact) mass is 363 g/mol. The molecule has 4 nitrogen and oxygen atoms in total. The average Bonchev–Trinajstić information content (AvgIpc) is 3.50. The van der Waals surface area contributed by atoms with Crippen LogP contribution in [0.2, 0.25) is 0 Å². The minimum absolute atomic E-state index is 0.191. The van der Waals surface area contributed by atoms with E-state index in [1.807, 2.05) is 23.1 Å². The molecule has 0 saturated heterocycles. The van der Waals surface area contributed by atoms with Gasteiger partial charge in [0.15, 0.2) is 0 Å². The molecule has 1 saturated carbocycles. The molecule has 142 valence electrons. The number of likely N-dealkylation sites (N-methyl/N-ethyl adjacent to an activating group) is 1. The second-order valence-corrected chi connectivity index (χ2v) is 7.99. The molecule has 2 aliphatic rings. The molecule has 4 rings (SSSR count). The van der Waals surface area contributed by atoms with E-state index in [0.717, 1.165) is 31.7 Å². The van der Waals surface area contributed by atoms with Gasteiger partial charge >= 0.3 is 0 Å². The molecular weight excluding hydrogens is 334 g/mol. The summed E-state index contributed by atoms with van der Waals surface area (Å²) >= 11 is 0. The topological polar surface area (TPSA) is 35.6 Å². The molecule has 0 spiro atoms. The highest BCUT2D eigenvalue weighted by molar-refractivity contribution is 5.81. The van der Waals surface area contributed by atoms with Gasteiger partial charge in [-0.1, -0.05) is 42.5 Å². The minimum atomic E-state index is 0.191. The third kappa shape index (κ3) is 4.69. The highest BCUT2D eigenvalue weighted by atomic mass is 16.2. The van der Waals surface area contributed by atoms with Gasteiger partial charge in [0, 0.05) is 31.9 Å². The largest absolute Gasteiger partial charge is 0.376 e. The lowest BCUT2D eigenvalue weighted by molar-refractivity contribution is -0.130. The fraction of sp³-hybridized carbons (Fsp3) is 0.435. The molecule has 0 aromatic heterocycles. The van der Waals surface area contributed by atoms with E-state index >= 15 is 0 Å². The predicted octanol–water partition coefficient (Wildman–Crippen LogP) is 3.53. The smallest absolute Gasteiger partial charge is 0.242 e. The van der Waals surface area contributed by atoms with Crippen molar-refractivity contribution in [2.45, 2.75) is 32.4 Å². The number of carbonyl (C=O) groups is 1. The lowest BCUT2D eigenvalue weighted by atomic mass is 9.98. The van der Waals surface area contributed by atoms with E-state index in [0.29, 0.717) is 19.0 Å². The molecule has 27 heavy (non-hydrogen) atoms. The first-order chi connectivity index (χ1) is 13.2. The van der Waals surface area contributed by atoms with E-state index in [1.54, 1.807) is 0 Å². The Morgan fingerprint density at radius 2 is 1.96 bits per heavy atom. The molecule has 0 radical (unpaired) electrons. The molecule has 1 N–H and O–H groups in total. The first-order valence-corrected chi connectivity index (χ1v) is 10.0. The Morgan fingerprint density at radius 3 is 2.74 bits per heavy atom. The Hall–Kier alpha value is -2.33. The van der Waals surface area contributed by atoms with Crippen LogP contribution in [0.3, 0.4) is 0 Å². The van der Waals surface area contributed by atoms with Gasteiger partial charge in [0.05, 0.1) is 6.54 Å². The molecule has 0 atom stereocenters. The molecule has 4 heteroatoms. The Morgan fingerprint density at radius 1 is 1.15 bits per heavy atom. The van der Waals surface area contributed by atoms with Crippen LogP contribution in [0.4, 0.5) is 5.69 Å². The first kappa shape index (κ1) is 18.1.